The molecule has 0 spiro atoms. The number of rotatable bonds is 5. The van der Waals surface area contributed by atoms with Gasteiger partial charge in [-0.25, -0.2) is 0 Å². The Bertz CT molecular complexity index is 1110. The highest BCUT2D eigenvalue weighted by atomic mass is 16.5. The number of nitrogens with zero attached hydrogens (tertiary/aromatic N) is 2. The predicted molar refractivity (Wildman–Crippen MR) is 109 cm³/mol. The molecule has 0 fully saturated rings. The van der Waals surface area contributed by atoms with Crippen molar-refractivity contribution in [1.82, 2.24) is 4.57 Å². The molecule has 0 bridgehead atoms. The number of Topliss-reactive ketones (excluding diaryl/α,β-unsaturated/α-hetero) is 1. The second-order valence-electron chi connectivity index (χ2n) is 7.45. The van der Waals surface area contributed by atoms with E-state index in [2.05, 4.69) is 16.7 Å². The molecule has 1 aromatic heterocycles. The Hall–Kier alpha value is -3.39. The first kappa shape index (κ1) is 18.9. The normalized spacial score (nSPS) is 16.8. The lowest BCUT2D eigenvalue weighted by Crippen LogP contribution is -2.28. The van der Waals surface area contributed by atoms with Crippen LogP contribution in [0.5, 0.6) is 0 Å². The number of esters is 1. The van der Waals surface area contributed by atoms with E-state index in [1.165, 1.54) is 12.7 Å². The summed E-state index contributed by atoms with van der Waals surface area (Å²) in [6.45, 7) is 0.706. The smallest absolute Gasteiger partial charge is 0.323 e. The van der Waals surface area contributed by atoms with Gasteiger partial charge in [-0.2, -0.15) is 5.26 Å². The molecule has 146 valence electrons. The van der Waals surface area contributed by atoms with Crippen LogP contribution in [0.2, 0.25) is 0 Å². The molecule has 29 heavy (non-hydrogen) atoms. The van der Waals surface area contributed by atoms with E-state index >= 15 is 0 Å². The molecule has 1 aliphatic rings. The molecule has 2 atom stereocenters. The molecule has 1 aliphatic carbocycles. The van der Waals surface area contributed by atoms with Gasteiger partial charge < -0.3 is 9.30 Å². The van der Waals surface area contributed by atoms with Gasteiger partial charge >= 0.3 is 5.97 Å². The van der Waals surface area contributed by atoms with E-state index in [0.717, 1.165) is 28.6 Å². The molecule has 0 amide bonds. The van der Waals surface area contributed by atoms with Crippen LogP contribution < -0.4 is 0 Å². The number of aromatic nitrogens is 1. The zero-order chi connectivity index (χ0) is 20.4. The SMILES string of the molecule is COC(=O)C(C#N)CC1CCc2c(c3ccccc3n2Cc2ccccc2)C1=O. The number of carbonyl (C=O) groups is 2. The highest BCUT2D eigenvalue weighted by Gasteiger charge is 2.35. The molecule has 4 rings (SSSR count). The van der Waals surface area contributed by atoms with E-state index in [-0.39, 0.29) is 18.1 Å². The quantitative estimate of drug-likeness (QED) is 0.618. The second-order valence-corrected chi connectivity index (χ2v) is 7.45. The summed E-state index contributed by atoms with van der Waals surface area (Å²) < 4.78 is 6.95. The van der Waals surface area contributed by atoms with Crippen LogP contribution in [0.3, 0.4) is 0 Å². The minimum Gasteiger partial charge on any atom is -0.468 e. The lowest BCUT2D eigenvalue weighted by atomic mass is 9.80. The van der Waals surface area contributed by atoms with Crippen molar-refractivity contribution in [3.05, 3.63) is 71.4 Å². The highest BCUT2D eigenvalue weighted by molar-refractivity contribution is 6.11. The van der Waals surface area contributed by atoms with E-state index in [0.29, 0.717) is 13.0 Å². The van der Waals surface area contributed by atoms with Crippen LogP contribution >= 0.6 is 0 Å². The van der Waals surface area contributed by atoms with Crippen LogP contribution in [0.4, 0.5) is 0 Å². The number of para-hydroxylation sites is 1. The fourth-order valence-corrected chi connectivity index (χ4v) is 4.34. The molecule has 2 aromatic carbocycles. The van der Waals surface area contributed by atoms with Crippen molar-refractivity contribution in [3.8, 4) is 6.07 Å². The average molecular weight is 386 g/mol. The standard InChI is InChI=1S/C24H22N2O3/c1-29-24(28)18(14-25)13-17-11-12-21-22(23(17)27)19-9-5-6-10-20(19)26(21)15-16-7-3-2-4-8-16/h2-10,17-18H,11-13,15H2,1H3. The van der Waals surface area contributed by atoms with Crippen molar-refractivity contribution in [2.75, 3.05) is 7.11 Å². The summed E-state index contributed by atoms with van der Waals surface area (Å²) in [5.41, 5.74) is 4.01. The first-order valence-corrected chi connectivity index (χ1v) is 9.79. The maximum atomic E-state index is 13.4. The third-order valence-electron chi connectivity index (χ3n) is 5.77. The van der Waals surface area contributed by atoms with Crippen LogP contribution in [0, 0.1) is 23.2 Å². The van der Waals surface area contributed by atoms with Gasteiger partial charge in [0.05, 0.1) is 13.2 Å². The highest BCUT2D eigenvalue weighted by Crippen LogP contribution is 2.37. The van der Waals surface area contributed by atoms with Crippen molar-refractivity contribution < 1.29 is 14.3 Å². The first-order valence-electron chi connectivity index (χ1n) is 9.79. The number of hydrogen-bond acceptors (Lipinski definition) is 4. The number of methoxy groups -OCH3 is 1. The van der Waals surface area contributed by atoms with E-state index in [9.17, 15) is 14.9 Å². The second kappa shape index (κ2) is 7.92. The maximum absolute atomic E-state index is 13.4. The Morgan fingerprint density at radius 1 is 1.21 bits per heavy atom. The Morgan fingerprint density at radius 2 is 1.93 bits per heavy atom. The van der Waals surface area contributed by atoms with Gasteiger partial charge in [0.15, 0.2) is 5.78 Å². The lowest BCUT2D eigenvalue weighted by molar-refractivity contribution is -0.143. The molecule has 5 heteroatoms. The lowest BCUT2D eigenvalue weighted by Gasteiger charge is -2.24. The summed E-state index contributed by atoms with van der Waals surface area (Å²) in [5, 5.41) is 10.3. The van der Waals surface area contributed by atoms with Gasteiger partial charge in [0, 0.05) is 34.6 Å². The molecular weight excluding hydrogens is 364 g/mol. The molecule has 3 aromatic rings. The first-order chi connectivity index (χ1) is 14.1. The van der Waals surface area contributed by atoms with Gasteiger partial charge in [0.1, 0.15) is 5.92 Å². The van der Waals surface area contributed by atoms with Crippen molar-refractivity contribution in [3.63, 3.8) is 0 Å². The zero-order valence-electron chi connectivity index (χ0n) is 16.3. The van der Waals surface area contributed by atoms with Crippen LogP contribution in [0.15, 0.2) is 54.6 Å². The molecule has 0 saturated carbocycles. The van der Waals surface area contributed by atoms with Crippen molar-refractivity contribution >= 4 is 22.7 Å². The topological polar surface area (TPSA) is 72.1 Å². The molecular formula is C24H22N2O3. The molecule has 0 radical (unpaired) electrons. The van der Waals surface area contributed by atoms with Gasteiger partial charge in [-0.05, 0) is 30.9 Å². The fraction of sp³-hybridized carbons (Fsp3) is 0.292. The Morgan fingerprint density at radius 3 is 2.66 bits per heavy atom. The van der Waals surface area contributed by atoms with Crippen LogP contribution in [0.25, 0.3) is 10.9 Å². The number of fused-ring (bicyclic) bond motifs is 3. The largest absolute Gasteiger partial charge is 0.468 e. The minimum atomic E-state index is -0.909. The Kier molecular flexibility index (Phi) is 5.18. The molecule has 2 unspecified atom stereocenters. The number of hydrogen-bond donors (Lipinski definition) is 0. The van der Waals surface area contributed by atoms with Crippen molar-refractivity contribution in [2.45, 2.75) is 25.8 Å². The minimum absolute atomic E-state index is 0.0263. The zero-order valence-corrected chi connectivity index (χ0v) is 16.3. The number of ketones is 1. The molecule has 1 heterocycles. The number of benzene rings is 2. The summed E-state index contributed by atoms with van der Waals surface area (Å²) in [6, 6.07) is 20.1. The van der Waals surface area contributed by atoms with E-state index < -0.39 is 11.9 Å². The summed E-state index contributed by atoms with van der Waals surface area (Å²) in [5.74, 6) is -1.80. The van der Waals surface area contributed by atoms with E-state index in [1.807, 2.05) is 48.5 Å². The third kappa shape index (κ3) is 3.42. The van der Waals surface area contributed by atoms with Gasteiger partial charge in [0.2, 0.25) is 0 Å². The maximum Gasteiger partial charge on any atom is 0.323 e. The fourth-order valence-electron chi connectivity index (χ4n) is 4.34. The summed E-state index contributed by atoms with van der Waals surface area (Å²) in [4.78, 5) is 25.2. The third-order valence-corrected chi connectivity index (χ3v) is 5.77. The van der Waals surface area contributed by atoms with E-state index in [4.69, 9.17) is 4.74 Å². The van der Waals surface area contributed by atoms with Crippen LogP contribution in [-0.4, -0.2) is 23.4 Å². The Labute approximate surface area is 169 Å². The molecule has 0 N–H and O–H groups in total. The van der Waals surface area contributed by atoms with Crippen LogP contribution in [-0.2, 0) is 22.5 Å². The van der Waals surface area contributed by atoms with Crippen molar-refractivity contribution in [2.24, 2.45) is 11.8 Å². The summed E-state index contributed by atoms with van der Waals surface area (Å²) in [6.07, 6.45) is 1.58. The van der Waals surface area contributed by atoms with Gasteiger partial charge in [0.25, 0.3) is 0 Å². The number of carbonyl (C=O) groups excluding carboxylic acids is 2. The molecule has 0 aliphatic heterocycles. The number of nitriles is 1. The van der Waals surface area contributed by atoms with Gasteiger partial charge in [-0.1, -0.05) is 48.5 Å². The van der Waals surface area contributed by atoms with Gasteiger partial charge in [-0.3, -0.25) is 9.59 Å². The predicted octanol–water partition coefficient (Wildman–Crippen LogP) is 4.14. The van der Waals surface area contributed by atoms with E-state index in [1.54, 1.807) is 0 Å². The Balaban J connectivity index is 1.73. The van der Waals surface area contributed by atoms with Crippen LogP contribution in [0.1, 0.15) is 34.5 Å². The number of ether oxygens (including phenoxy) is 1. The molecule has 5 nitrogen and oxygen atoms in total. The summed E-state index contributed by atoms with van der Waals surface area (Å²) in [7, 11) is 1.27. The molecule has 0 saturated heterocycles. The summed E-state index contributed by atoms with van der Waals surface area (Å²) >= 11 is 0. The monoisotopic (exact) mass is 386 g/mol. The van der Waals surface area contributed by atoms with Gasteiger partial charge in [-0.15, -0.1) is 0 Å². The average Bonchev–Trinajstić information content (AvgIpc) is 3.08. The van der Waals surface area contributed by atoms with Crippen molar-refractivity contribution in [1.29, 1.82) is 5.26 Å².